The Labute approximate surface area is 227 Å². The number of nitrogens with zero attached hydrogens (tertiary/aromatic N) is 3. The molecule has 2 aromatic carbocycles. The van der Waals surface area contributed by atoms with Crippen LogP contribution in [0.5, 0.6) is 5.75 Å². The lowest BCUT2D eigenvalue weighted by atomic mass is 10.0. The Morgan fingerprint density at radius 3 is 2.74 bits per heavy atom. The van der Waals surface area contributed by atoms with Crippen LogP contribution in [0, 0.1) is 17.3 Å². The molecular formula is C28H25ClF3N3O4. The number of rotatable bonds is 3. The van der Waals surface area contributed by atoms with Crippen LogP contribution in [0.4, 0.5) is 24.7 Å². The lowest BCUT2D eigenvalue weighted by Gasteiger charge is -2.26. The van der Waals surface area contributed by atoms with Gasteiger partial charge in [-0.3, -0.25) is 4.57 Å². The summed E-state index contributed by atoms with van der Waals surface area (Å²) in [7, 11) is 1.62. The van der Waals surface area contributed by atoms with Crippen LogP contribution >= 0.6 is 11.6 Å². The van der Waals surface area contributed by atoms with Crippen molar-refractivity contribution in [2.75, 3.05) is 31.3 Å². The monoisotopic (exact) mass is 559 g/mol. The molecule has 1 unspecified atom stereocenters. The molecule has 1 saturated carbocycles. The van der Waals surface area contributed by atoms with E-state index in [4.69, 9.17) is 25.8 Å². The van der Waals surface area contributed by atoms with Crippen LogP contribution in [0.1, 0.15) is 30.4 Å². The fourth-order valence-electron chi connectivity index (χ4n) is 4.97. The Balaban J connectivity index is 1.45. The van der Waals surface area contributed by atoms with Gasteiger partial charge in [-0.05, 0) is 31.0 Å². The number of fused-ring (bicyclic) bond motifs is 2. The molecule has 3 aliphatic rings. The maximum atomic E-state index is 13.5. The summed E-state index contributed by atoms with van der Waals surface area (Å²) < 4.78 is 59.1. The van der Waals surface area contributed by atoms with Crippen molar-refractivity contribution in [3.05, 3.63) is 57.0 Å². The van der Waals surface area contributed by atoms with Crippen molar-refractivity contribution in [1.29, 1.82) is 0 Å². The number of aryl methyl sites for hydroxylation is 1. The number of alkyl halides is 3. The molecule has 2 aliphatic heterocycles. The first-order valence-electron chi connectivity index (χ1n) is 12.7. The van der Waals surface area contributed by atoms with Gasteiger partial charge in [0, 0.05) is 48.3 Å². The van der Waals surface area contributed by atoms with Crippen molar-refractivity contribution in [3.63, 3.8) is 0 Å². The Morgan fingerprint density at radius 2 is 2.03 bits per heavy atom. The molecule has 7 nitrogen and oxygen atoms in total. The molecule has 0 spiro atoms. The van der Waals surface area contributed by atoms with Gasteiger partial charge in [-0.2, -0.15) is 18.2 Å². The molecule has 1 saturated heterocycles. The fraction of sp³-hybridized carbons (Fsp3) is 0.429. The average Bonchev–Trinajstić information content (AvgIpc) is 3.60. The molecule has 1 atom stereocenters. The van der Waals surface area contributed by atoms with Gasteiger partial charge in [0.05, 0.1) is 37.0 Å². The highest BCUT2D eigenvalue weighted by Gasteiger charge is 2.62. The summed E-state index contributed by atoms with van der Waals surface area (Å²) in [4.78, 5) is 19.2. The van der Waals surface area contributed by atoms with Gasteiger partial charge < -0.3 is 19.1 Å². The van der Waals surface area contributed by atoms with Crippen molar-refractivity contribution in [3.8, 4) is 17.6 Å². The molecule has 1 aromatic heterocycles. The quantitative estimate of drug-likeness (QED) is 0.415. The number of aromatic nitrogens is 2. The van der Waals surface area contributed by atoms with Crippen molar-refractivity contribution >= 4 is 34.0 Å². The average molecular weight is 560 g/mol. The molecule has 2 fully saturated rings. The molecule has 0 amide bonds. The van der Waals surface area contributed by atoms with E-state index in [0.29, 0.717) is 70.7 Å². The third-order valence-corrected chi connectivity index (χ3v) is 7.75. The third kappa shape index (κ3) is 4.73. The summed E-state index contributed by atoms with van der Waals surface area (Å²) in [5.41, 5.74) is -0.0760. The summed E-state index contributed by atoms with van der Waals surface area (Å²) in [6, 6.07) is 8.70. The fourth-order valence-corrected chi connectivity index (χ4v) is 5.18. The number of anilines is 2. The highest BCUT2D eigenvalue weighted by atomic mass is 35.5. The van der Waals surface area contributed by atoms with Crippen molar-refractivity contribution < 1.29 is 27.4 Å². The number of halogens is 4. The van der Waals surface area contributed by atoms with Crippen LogP contribution < -0.4 is 15.3 Å². The maximum absolute atomic E-state index is 13.5. The van der Waals surface area contributed by atoms with Crippen molar-refractivity contribution in [2.45, 2.75) is 38.1 Å². The van der Waals surface area contributed by atoms with Gasteiger partial charge in [-0.15, -0.1) is 0 Å². The Morgan fingerprint density at radius 1 is 1.21 bits per heavy atom. The van der Waals surface area contributed by atoms with E-state index >= 15 is 0 Å². The Kier molecular flexibility index (Phi) is 6.49. The number of hydrogen-bond donors (Lipinski definition) is 0. The second-order valence-electron chi connectivity index (χ2n) is 10.0. The summed E-state index contributed by atoms with van der Waals surface area (Å²) in [6.45, 7) is 1.92. The van der Waals surface area contributed by atoms with Gasteiger partial charge in [-0.25, -0.2) is 4.79 Å². The molecule has 3 heterocycles. The van der Waals surface area contributed by atoms with Crippen LogP contribution in [-0.2, 0) is 23.1 Å². The summed E-state index contributed by atoms with van der Waals surface area (Å²) >= 11 is 6.63. The molecule has 6 rings (SSSR count). The minimum atomic E-state index is -4.37. The second-order valence-corrected chi connectivity index (χ2v) is 10.4. The predicted octanol–water partition coefficient (Wildman–Crippen LogP) is 5.12. The van der Waals surface area contributed by atoms with Crippen LogP contribution in [0.25, 0.3) is 10.9 Å². The van der Waals surface area contributed by atoms with Crippen molar-refractivity contribution in [1.82, 2.24) is 9.55 Å². The van der Waals surface area contributed by atoms with Crippen LogP contribution in [0.2, 0.25) is 5.02 Å². The Hall–Kier alpha value is -3.26. The van der Waals surface area contributed by atoms with Gasteiger partial charge in [0.15, 0.2) is 0 Å². The van der Waals surface area contributed by atoms with E-state index in [1.807, 2.05) is 11.0 Å². The lowest BCUT2D eigenvalue weighted by Crippen LogP contribution is -2.28. The zero-order chi connectivity index (χ0) is 27.4. The van der Waals surface area contributed by atoms with E-state index in [1.54, 1.807) is 31.3 Å². The number of hydrogen-bond acceptors (Lipinski definition) is 6. The van der Waals surface area contributed by atoms with Gasteiger partial charge in [-0.1, -0.05) is 29.5 Å². The maximum Gasteiger partial charge on any atom is 0.405 e. The van der Waals surface area contributed by atoms with E-state index < -0.39 is 17.3 Å². The van der Waals surface area contributed by atoms with E-state index in [-0.39, 0.29) is 25.6 Å². The highest BCUT2D eigenvalue weighted by molar-refractivity contribution is 6.33. The van der Waals surface area contributed by atoms with Gasteiger partial charge in [0.1, 0.15) is 23.1 Å². The smallest absolute Gasteiger partial charge is 0.405 e. The van der Waals surface area contributed by atoms with Gasteiger partial charge in [0.2, 0.25) is 0 Å². The Bertz CT molecular complexity index is 1570. The molecule has 39 heavy (non-hydrogen) atoms. The van der Waals surface area contributed by atoms with Crippen molar-refractivity contribution in [2.24, 2.45) is 12.5 Å². The first-order valence-corrected chi connectivity index (χ1v) is 13.1. The number of benzene rings is 2. The summed E-state index contributed by atoms with van der Waals surface area (Å²) in [6.07, 6.45) is -3.74. The van der Waals surface area contributed by atoms with E-state index in [9.17, 15) is 18.0 Å². The van der Waals surface area contributed by atoms with Gasteiger partial charge >= 0.3 is 11.9 Å². The molecule has 3 aromatic rings. The van der Waals surface area contributed by atoms with Crippen LogP contribution in [0.15, 0.2) is 35.1 Å². The van der Waals surface area contributed by atoms with E-state index in [2.05, 4.69) is 16.8 Å². The SMILES string of the molecule is Cn1c(=O)nc(N2CCOCc3c(C#CC4(C(F)(F)F)CC4)cccc32)c2cc(Cl)c(OC3CCOC3)cc21. The van der Waals surface area contributed by atoms with E-state index in [0.717, 1.165) is 6.42 Å². The highest BCUT2D eigenvalue weighted by Crippen LogP contribution is 2.57. The minimum absolute atomic E-state index is 0.00456. The zero-order valence-electron chi connectivity index (χ0n) is 21.1. The molecule has 204 valence electrons. The second kappa shape index (κ2) is 9.73. The molecule has 11 heteroatoms. The normalized spacial score (nSPS) is 20.2. The summed E-state index contributed by atoms with van der Waals surface area (Å²) in [5, 5.41) is 0.986. The molecule has 0 radical (unpaired) electrons. The standard InChI is InChI=1S/C28H25ClF3N3O4/c1-34-23-14-24(39-18-6-11-37-15-18)21(29)13-19(23)25(33-26(34)36)35-10-12-38-16-20-17(3-2-4-22(20)35)5-7-27(8-9-27)28(30,31)32/h2-4,13-14,18H,6,8-12,15-16H2,1H3. The molecule has 0 bridgehead atoms. The topological polar surface area (TPSA) is 65.8 Å². The lowest BCUT2D eigenvalue weighted by molar-refractivity contribution is -0.168. The van der Waals surface area contributed by atoms with Gasteiger partial charge in [0.25, 0.3) is 0 Å². The predicted molar refractivity (Wildman–Crippen MR) is 140 cm³/mol. The third-order valence-electron chi connectivity index (χ3n) is 7.45. The molecular weight excluding hydrogens is 535 g/mol. The van der Waals surface area contributed by atoms with Crippen LogP contribution in [-0.4, -0.2) is 48.2 Å². The largest absolute Gasteiger partial charge is 0.486 e. The molecule has 1 aliphatic carbocycles. The number of ether oxygens (including phenoxy) is 3. The first-order chi connectivity index (χ1) is 18.7. The zero-order valence-corrected chi connectivity index (χ0v) is 21.9. The minimum Gasteiger partial charge on any atom is -0.486 e. The summed E-state index contributed by atoms with van der Waals surface area (Å²) in [5.74, 6) is 6.08. The molecule has 0 N–H and O–H groups in total. The van der Waals surface area contributed by atoms with Crippen LogP contribution in [0.3, 0.4) is 0 Å². The first kappa shape index (κ1) is 26.0. The van der Waals surface area contributed by atoms with E-state index in [1.165, 1.54) is 4.57 Å².